The van der Waals surface area contributed by atoms with Crippen LogP contribution in [0.1, 0.15) is 11.1 Å². The molecule has 114 valence electrons. The molecule has 0 fully saturated rings. The molecule has 0 radical (unpaired) electrons. The van der Waals surface area contributed by atoms with Crippen LogP contribution in [0, 0.1) is 6.92 Å². The van der Waals surface area contributed by atoms with E-state index in [1.165, 1.54) is 0 Å². The number of rotatable bonds is 5. The minimum atomic E-state index is -0.601. The average Bonchev–Trinajstić information content (AvgIpc) is 2.52. The monoisotopic (exact) mass is 319 g/mol. The van der Waals surface area contributed by atoms with Crippen molar-refractivity contribution in [2.24, 2.45) is 5.73 Å². The number of hydrogen-bond donors (Lipinski definition) is 2. The van der Waals surface area contributed by atoms with Crippen molar-refractivity contribution >= 4 is 23.4 Å². The summed E-state index contributed by atoms with van der Waals surface area (Å²) in [6, 6.07) is 14.3. The predicted molar refractivity (Wildman–Crippen MR) is 83.5 cm³/mol. The van der Waals surface area contributed by atoms with Crippen molar-refractivity contribution in [3.63, 3.8) is 0 Å². The zero-order chi connectivity index (χ0) is 15.9. The summed E-state index contributed by atoms with van der Waals surface area (Å²) in [6.07, 6.45) is 0. The summed E-state index contributed by atoms with van der Waals surface area (Å²) < 4.78 is 5.29. The number of carbonyl (C=O) groups excluding carboxylic acids is 1. The molecule has 2 aromatic carbocycles. The Kier molecular flexibility index (Phi) is 5.38. The van der Waals surface area contributed by atoms with Gasteiger partial charge in [-0.25, -0.2) is 4.79 Å². The molecular weight excluding hydrogens is 304 g/mol. The molecule has 0 atom stereocenters. The van der Waals surface area contributed by atoms with Crippen molar-refractivity contribution in [3.05, 3.63) is 64.7 Å². The van der Waals surface area contributed by atoms with Crippen LogP contribution in [-0.2, 0) is 9.63 Å². The fourth-order valence-corrected chi connectivity index (χ4v) is 1.89. The molecule has 0 aliphatic carbocycles. The van der Waals surface area contributed by atoms with Crippen LogP contribution < -0.4 is 15.6 Å². The zero-order valence-corrected chi connectivity index (χ0v) is 12.8. The van der Waals surface area contributed by atoms with E-state index in [1.54, 1.807) is 36.4 Å². The minimum absolute atomic E-state index is 0.147. The molecule has 5 nitrogen and oxygen atoms in total. The minimum Gasteiger partial charge on any atom is -0.482 e. The van der Waals surface area contributed by atoms with Gasteiger partial charge in [-0.2, -0.15) is 0 Å². The number of hydrogen-bond acceptors (Lipinski definition) is 3. The zero-order valence-electron chi connectivity index (χ0n) is 12.0. The van der Waals surface area contributed by atoms with Crippen LogP contribution in [-0.4, -0.2) is 18.4 Å². The molecular formula is C16H16ClN2O3+. The van der Waals surface area contributed by atoms with E-state index in [-0.39, 0.29) is 12.4 Å². The molecule has 6 heteroatoms. The summed E-state index contributed by atoms with van der Waals surface area (Å²) in [7, 11) is 0. The lowest BCUT2D eigenvalue weighted by Gasteiger charge is -2.03. The molecule has 0 bridgehead atoms. The highest BCUT2D eigenvalue weighted by Gasteiger charge is 2.11. The van der Waals surface area contributed by atoms with Crippen LogP contribution in [0.3, 0.4) is 0 Å². The van der Waals surface area contributed by atoms with E-state index in [1.807, 2.05) is 19.1 Å². The Morgan fingerprint density at radius 2 is 1.86 bits per heavy atom. The number of aryl methyl sites for hydroxylation is 1. The van der Waals surface area contributed by atoms with Crippen LogP contribution in [0.15, 0.2) is 48.5 Å². The second-order valence-corrected chi connectivity index (χ2v) is 4.98. The lowest BCUT2D eigenvalue weighted by molar-refractivity contribution is -0.724. The second-order valence-electron chi connectivity index (χ2n) is 4.57. The Bertz CT molecular complexity index is 684. The van der Waals surface area contributed by atoms with E-state index >= 15 is 0 Å². The molecule has 0 amide bonds. The van der Waals surface area contributed by atoms with Gasteiger partial charge in [0, 0.05) is 0 Å². The topological polar surface area (TPSA) is 75.5 Å². The molecule has 0 spiro atoms. The largest absolute Gasteiger partial charge is 0.482 e. The summed E-state index contributed by atoms with van der Waals surface area (Å²) in [5.41, 5.74) is 7.43. The van der Waals surface area contributed by atoms with E-state index in [0.717, 1.165) is 5.56 Å². The summed E-state index contributed by atoms with van der Waals surface area (Å²) in [5, 5.41) is 2.82. The molecule has 0 saturated heterocycles. The number of benzene rings is 2. The molecule has 2 rings (SSSR count). The lowest BCUT2D eigenvalue weighted by Crippen LogP contribution is -2.76. The van der Waals surface area contributed by atoms with Crippen molar-refractivity contribution in [1.82, 2.24) is 0 Å². The smallest absolute Gasteiger partial charge is 0.394 e. The third-order valence-corrected chi connectivity index (χ3v) is 3.15. The molecule has 0 unspecified atom stereocenters. The highest BCUT2D eigenvalue weighted by atomic mass is 35.5. The molecule has 3 N–H and O–H groups in total. The van der Waals surface area contributed by atoms with Gasteiger partial charge in [0.05, 0.1) is 10.6 Å². The Labute approximate surface area is 133 Å². The van der Waals surface area contributed by atoms with Gasteiger partial charge in [0.1, 0.15) is 5.75 Å². The van der Waals surface area contributed by atoms with Gasteiger partial charge in [-0.15, -0.1) is 0 Å². The van der Waals surface area contributed by atoms with Gasteiger partial charge in [0.25, 0.3) is 0 Å². The first kappa shape index (κ1) is 15.9. The van der Waals surface area contributed by atoms with Crippen LogP contribution >= 0.6 is 11.6 Å². The second kappa shape index (κ2) is 7.47. The number of carbonyl (C=O) groups is 1. The van der Waals surface area contributed by atoms with E-state index < -0.39 is 5.97 Å². The van der Waals surface area contributed by atoms with Gasteiger partial charge in [-0.05, 0) is 31.2 Å². The van der Waals surface area contributed by atoms with Crippen molar-refractivity contribution < 1.29 is 19.5 Å². The maximum Gasteiger partial charge on any atom is 0.394 e. The number of nitrogens with one attached hydrogen (secondary N) is 1. The highest BCUT2D eigenvalue weighted by Crippen LogP contribution is 2.13. The summed E-state index contributed by atoms with van der Waals surface area (Å²) in [6.45, 7) is 1.74. The molecule has 0 saturated carbocycles. The fraction of sp³-hybridized carbons (Fsp3) is 0.125. The first-order valence-corrected chi connectivity index (χ1v) is 6.96. The van der Waals surface area contributed by atoms with Crippen molar-refractivity contribution in [2.75, 3.05) is 6.61 Å². The van der Waals surface area contributed by atoms with E-state index in [4.69, 9.17) is 26.9 Å². The molecule has 0 aromatic heterocycles. The SMILES string of the molecule is Cc1ccc(OCC(=O)O[NH+]=C(N)c2ccccc2Cl)cc1. The van der Waals surface area contributed by atoms with Gasteiger partial charge in [0.2, 0.25) is 0 Å². The number of halogens is 1. The molecule has 0 aliphatic heterocycles. The number of nitrogen functional groups attached to an aromatic ring is 1. The Morgan fingerprint density at radius 3 is 2.55 bits per heavy atom. The third kappa shape index (κ3) is 4.49. The van der Waals surface area contributed by atoms with Crippen molar-refractivity contribution in [3.8, 4) is 5.75 Å². The Morgan fingerprint density at radius 1 is 1.18 bits per heavy atom. The highest BCUT2D eigenvalue weighted by molar-refractivity contribution is 6.33. The van der Waals surface area contributed by atoms with Gasteiger partial charge < -0.3 is 4.74 Å². The van der Waals surface area contributed by atoms with Gasteiger partial charge in [-0.1, -0.05) is 46.6 Å². The fourth-order valence-electron chi connectivity index (χ4n) is 1.65. The molecule has 0 aliphatic rings. The summed E-state index contributed by atoms with van der Waals surface area (Å²) >= 11 is 5.98. The Hall–Kier alpha value is -2.53. The van der Waals surface area contributed by atoms with E-state index in [0.29, 0.717) is 16.3 Å². The van der Waals surface area contributed by atoms with Crippen LogP contribution in [0.25, 0.3) is 0 Å². The van der Waals surface area contributed by atoms with Crippen LogP contribution in [0.5, 0.6) is 5.75 Å². The number of nitrogens with two attached hydrogens (primary N) is 1. The van der Waals surface area contributed by atoms with Crippen molar-refractivity contribution in [1.29, 1.82) is 0 Å². The summed E-state index contributed by atoms with van der Waals surface area (Å²) in [5.74, 6) is 0.135. The van der Waals surface area contributed by atoms with Crippen LogP contribution in [0.2, 0.25) is 5.02 Å². The quantitative estimate of drug-likeness (QED) is 0.373. The first-order chi connectivity index (χ1) is 10.6. The van der Waals surface area contributed by atoms with Crippen molar-refractivity contribution in [2.45, 2.75) is 6.92 Å². The van der Waals surface area contributed by atoms with Gasteiger partial charge in [0.15, 0.2) is 6.61 Å². The summed E-state index contributed by atoms with van der Waals surface area (Å²) in [4.78, 5) is 16.4. The average molecular weight is 320 g/mol. The predicted octanol–water partition coefficient (Wildman–Crippen LogP) is 0.972. The Balaban J connectivity index is 1.88. The molecule has 22 heavy (non-hydrogen) atoms. The first-order valence-electron chi connectivity index (χ1n) is 6.59. The third-order valence-electron chi connectivity index (χ3n) is 2.82. The van der Waals surface area contributed by atoms with E-state index in [2.05, 4.69) is 5.16 Å². The number of amidine groups is 1. The van der Waals surface area contributed by atoms with Gasteiger partial charge in [-0.3, -0.25) is 10.6 Å². The molecule has 0 heterocycles. The maximum absolute atomic E-state index is 11.6. The standard InChI is InChI=1S/C16H15ClN2O3/c1-11-6-8-12(9-7-11)21-10-15(20)22-19-16(18)13-4-2-3-5-14(13)17/h2-9H,10H2,1H3,(H2,18,19)/p+1. The molecule has 2 aromatic rings. The van der Waals surface area contributed by atoms with Gasteiger partial charge >= 0.3 is 11.8 Å². The number of ether oxygens (including phenoxy) is 1. The maximum atomic E-state index is 11.6. The van der Waals surface area contributed by atoms with Crippen LogP contribution in [0.4, 0.5) is 0 Å². The van der Waals surface area contributed by atoms with E-state index in [9.17, 15) is 4.79 Å². The normalized spacial score (nSPS) is 11.1. The lowest BCUT2D eigenvalue weighted by atomic mass is 10.2.